The van der Waals surface area contributed by atoms with Crippen molar-refractivity contribution in [2.75, 3.05) is 99.5 Å². The van der Waals surface area contributed by atoms with Crippen LogP contribution in [0.1, 0.15) is 103 Å². The lowest BCUT2D eigenvalue weighted by molar-refractivity contribution is -0.0942. The predicted octanol–water partition coefficient (Wildman–Crippen LogP) is 2.48. The van der Waals surface area contributed by atoms with Gasteiger partial charge < -0.3 is 66.3 Å². The third kappa shape index (κ3) is 16.6. The van der Waals surface area contributed by atoms with Gasteiger partial charge in [0.2, 0.25) is 0 Å². The quantitative estimate of drug-likeness (QED) is 0.0878. The first-order chi connectivity index (χ1) is 54.6. The summed E-state index contributed by atoms with van der Waals surface area (Å²) < 4.78 is 85.4. The lowest BCUT2D eigenvalue weighted by Gasteiger charge is -2.42. The molecular weight excluding hydrogens is 1800 g/mol. The smallest absolute Gasteiger partial charge is 0.0836 e. The van der Waals surface area contributed by atoms with Crippen LogP contribution in [0.3, 0.4) is 0 Å². The molecule has 0 aromatic rings. The average molecular weight is 1940 g/mol. The Morgan fingerprint density at radius 1 is 0.152 bits per heavy atom. The second-order valence-corrected chi connectivity index (χ2v) is 38.9. The molecule has 112 heavy (non-hydrogen) atoms. The molecule has 0 amide bonds. The van der Waals surface area contributed by atoms with Gasteiger partial charge in [0.15, 0.2) is 0 Å². The summed E-state index contributed by atoms with van der Waals surface area (Å²) in [7, 11) is 25.7. The molecule has 30 nitrogen and oxygen atoms in total. The number of methoxy groups -OCH3 is 14. The summed E-state index contributed by atoms with van der Waals surface area (Å²) >= 11 is 12.4. The number of alkyl halides is 2. The first-order valence-electron chi connectivity index (χ1n) is 42.6. The van der Waals surface area contributed by atoms with Gasteiger partial charge in [-0.3, -0.25) is 85.1 Å². The minimum Gasteiger partial charge on any atom is -0.379 e. The Labute approximate surface area is 705 Å². The van der Waals surface area contributed by atoms with E-state index in [0.29, 0.717) is 104 Å². The van der Waals surface area contributed by atoms with Crippen molar-refractivity contribution in [1.29, 1.82) is 0 Å². The van der Waals surface area contributed by atoms with Gasteiger partial charge >= 0.3 is 0 Å². The molecule has 0 spiro atoms. The Bertz CT molecular complexity index is 2660. The second kappa shape index (κ2) is 38.0. The summed E-state index contributed by atoms with van der Waals surface area (Å²) in [6, 6.07) is 0. The van der Waals surface area contributed by atoms with Crippen LogP contribution in [0, 0.1) is 94.7 Å². The second-order valence-electron chi connectivity index (χ2n) is 36.6. The van der Waals surface area contributed by atoms with E-state index in [0.717, 1.165) is 103 Å². The summed E-state index contributed by atoms with van der Waals surface area (Å²) in [5.74, 6) is 6.00. The number of ether oxygens (including phenoxy) is 14. The molecule has 18 rings (SSSR count). The highest BCUT2D eigenvalue weighted by atomic mass is 128. The van der Waals surface area contributed by atoms with Crippen molar-refractivity contribution in [1.82, 2.24) is 85.1 Å². The number of hydrogen-bond acceptors (Lipinski definition) is 30. The number of hydrogen-bond donors (Lipinski definition) is 16. The van der Waals surface area contributed by atoms with Crippen LogP contribution in [0.2, 0.25) is 0 Å². The number of nitrogens with one attached hydrogen (secondary N) is 16. The van der Waals surface area contributed by atoms with Crippen molar-refractivity contribution in [2.45, 2.75) is 296 Å². The fourth-order valence-electron chi connectivity index (χ4n) is 26.9. The minimum absolute atomic E-state index is 0.0435. The van der Waals surface area contributed by atoms with Gasteiger partial charge in [-0.2, -0.15) is 0 Å². The Balaban J connectivity index is 0.000000166. The fraction of sp³-hybridized carbons (Fsp3) is 1.00. The van der Waals surface area contributed by atoms with Gasteiger partial charge in [-0.05, 0) is 197 Å². The molecule has 40 unspecified atom stereocenters. The Morgan fingerprint density at radius 3 is 0.295 bits per heavy atom. The summed E-state index contributed by atoms with van der Waals surface area (Å²) in [5, 5.41) is 66.9. The molecule has 0 aromatic heterocycles. The number of fused-ring (bicyclic) bond motifs is 40. The zero-order valence-electron chi connectivity index (χ0n) is 68.3. The third-order valence-electron chi connectivity index (χ3n) is 32.6. The van der Waals surface area contributed by atoms with Gasteiger partial charge in [0, 0.05) is 146 Å². The van der Waals surface area contributed by atoms with Crippen LogP contribution in [-0.4, -0.2) is 293 Å². The van der Waals surface area contributed by atoms with E-state index in [1.807, 2.05) is 99.5 Å². The van der Waals surface area contributed by atoms with Gasteiger partial charge in [-0.15, -0.1) is 0 Å². The zero-order chi connectivity index (χ0) is 78.2. The lowest BCUT2D eigenvalue weighted by Crippen LogP contribution is -2.61. The molecule has 10 saturated heterocycles. The molecule has 8 saturated carbocycles. The summed E-state index contributed by atoms with van der Waals surface area (Å²) in [5.41, 5.74) is 0. The molecule has 18 aliphatic rings. The van der Waals surface area contributed by atoms with Gasteiger partial charge in [-0.25, -0.2) is 0 Å². The van der Waals surface area contributed by atoms with Crippen LogP contribution < -0.4 is 85.1 Å². The van der Waals surface area contributed by atoms with E-state index in [-0.39, 0.29) is 184 Å². The molecular formula is C78H138Br2I2N16O14. The molecule has 16 bridgehead atoms. The molecule has 0 radical (unpaired) electrons. The van der Waals surface area contributed by atoms with Crippen molar-refractivity contribution in [3.05, 3.63) is 0 Å². The van der Waals surface area contributed by atoms with Crippen LogP contribution in [0.25, 0.3) is 0 Å². The van der Waals surface area contributed by atoms with Crippen molar-refractivity contribution in [3.8, 4) is 0 Å². The predicted molar refractivity (Wildman–Crippen MR) is 445 cm³/mol. The maximum absolute atomic E-state index is 6.10. The Hall–Kier alpha value is 1.22. The van der Waals surface area contributed by atoms with Gasteiger partial charge in [-0.1, -0.05) is 31.9 Å². The van der Waals surface area contributed by atoms with E-state index in [1.54, 1.807) is 0 Å². The zero-order valence-corrected chi connectivity index (χ0v) is 75.7. The van der Waals surface area contributed by atoms with Crippen molar-refractivity contribution in [2.24, 2.45) is 94.7 Å². The van der Waals surface area contributed by atoms with E-state index in [9.17, 15) is 0 Å². The van der Waals surface area contributed by atoms with Gasteiger partial charge in [0.05, 0.1) is 184 Å². The van der Waals surface area contributed by atoms with Gasteiger partial charge in [0.1, 0.15) is 0 Å². The molecule has 16 N–H and O–H groups in total. The van der Waals surface area contributed by atoms with E-state index >= 15 is 0 Å². The van der Waals surface area contributed by atoms with E-state index in [1.165, 1.54) is 0 Å². The molecule has 40 atom stereocenters. The molecule has 10 heterocycles. The van der Waals surface area contributed by atoms with E-state index < -0.39 is 0 Å². The lowest BCUT2D eigenvalue weighted by atomic mass is 9.73. The monoisotopic (exact) mass is 1930 g/mol. The molecule has 0 aromatic carbocycles. The maximum Gasteiger partial charge on any atom is 0.0836 e. The van der Waals surface area contributed by atoms with Crippen LogP contribution in [0.5, 0.6) is 0 Å². The maximum atomic E-state index is 6.10. The van der Waals surface area contributed by atoms with Crippen LogP contribution in [0.4, 0.5) is 0 Å². The number of rotatable bonds is 14. The minimum atomic E-state index is 0.0435. The van der Waals surface area contributed by atoms with E-state index in [4.69, 9.17) is 66.3 Å². The normalized spacial score (nSPS) is 55.1. The molecule has 8 aliphatic carbocycles. The Kier molecular flexibility index (Phi) is 29.4. The molecule has 642 valence electrons. The third-order valence-corrected chi connectivity index (χ3v) is 35.3. The largest absolute Gasteiger partial charge is 0.379 e. The van der Waals surface area contributed by atoms with E-state index in [2.05, 4.69) is 154 Å². The fourth-order valence-corrected chi connectivity index (χ4v) is 28.2. The summed E-state index contributed by atoms with van der Waals surface area (Å²) in [4.78, 5) is 0.860. The standard InChI is InChI=1S/C40H72N8O8.C38H66Br2N8O6.I2/c1-49-25-9-17-18(10-26(25)50-2)34-41-33(17)45-35-19-11-27(51-3)28(52-4)12-20(19)37(42-35)47-39-23-15-31(55-7)32(56-8)16-24(23)40(44-39)48-38-22-14-30(54-6)29(53-5)13-21(22)36(43-38)46-34;1-49-25-9-17-19(11-27(25)51-3)35-44-33(17)42-31-15-7-23(39)24(40)8-16(15)32(41-31)43-34-18-10-26(50-2)28(52-4)12-20(18)36(45-34)47-38-22-14-30(54-6)29(53-5)13-21(22)37(46-35)48-38;1-2/h17-48H,9-16H2,1-8H3;15-38,41-48H,7-14H2,1-6H3;. The van der Waals surface area contributed by atoms with Crippen LogP contribution in [-0.2, 0) is 66.3 Å². The Morgan fingerprint density at radius 2 is 0.223 bits per heavy atom. The highest BCUT2D eigenvalue weighted by molar-refractivity contribution is 15.0. The number of halogens is 4. The van der Waals surface area contributed by atoms with Crippen LogP contribution >= 0.6 is 69.1 Å². The molecule has 34 heteroatoms. The molecule has 18 fully saturated rings. The first-order valence-corrected chi connectivity index (χ1v) is 50.7. The average Bonchev–Trinajstić information content (AvgIpc) is 1.59. The summed E-state index contributed by atoms with van der Waals surface area (Å²) in [6.07, 6.45) is 17.5. The molecule has 10 aliphatic heterocycles. The van der Waals surface area contributed by atoms with Gasteiger partial charge in [0.25, 0.3) is 0 Å². The SMILES string of the molecule is COC1CC2C3NC(NC4NC(NC5NC(NC6NC(N3)C3CC(OC)C(OC)CC63)C3CC(OC)C(OC)CC53)C3CC(OC)C(OC)CC43)C2CC1OC.COC1CC2C3NC4NC(NC5NC(NC6NC(NC(N3)C2CC1OC)C1CC(OC)C(OC)CC61)C1CC(OC)C(OC)CC51)C1CC(Br)C(Br)CC41.II. The first kappa shape index (κ1) is 86.7. The van der Waals surface area contributed by atoms with Crippen molar-refractivity contribution < 1.29 is 66.3 Å². The van der Waals surface area contributed by atoms with Crippen molar-refractivity contribution in [3.63, 3.8) is 0 Å². The topological polar surface area (TPSA) is 322 Å². The van der Waals surface area contributed by atoms with Crippen LogP contribution in [0.15, 0.2) is 0 Å². The highest BCUT2D eigenvalue weighted by Crippen LogP contribution is 2.52. The summed E-state index contributed by atoms with van der Waals surface area (Å²) in [6.45, 7) is 0. The van der Waals surface area contributed by atoms with Crippen molar-refractivity contribution >= 4 is 69.1 Å². The highest BCUT2D eigenvalue weighted by Gasteiger charge is 2.63.